The number of hydrogen-bond acceptors (Lipinski definition) is 0. The number of quaternary nitrogens is 1. The molecule has 100 valence electrons. The minimum atomic E-state index is 0.224. The van der Waals surface area contributed by atoms with Crippen LogP contribution < -0.4 is 0 Å². The van der Waals surface area contributed by atoms with Crippen LogP contribution in [-0.2, 0) is 5.54 Å². The molecule has 0 aromatic heterocycles. The summed E-state index contributed by atoms with van der Waals surface area (Å²) in [7, 11) is 2.43. The molecular formula is C17H28N+. The second-order valence-electron chi connectivity index (χ2n) is 6.89. The van der Waals surface area contributed by atoms with Gasteiger partial charge in [-0.1, -0.05) is 32.0 Å². The Morgan fingerprint density at radius 2 is 1.72 bits per heavy atom. The first kappa shape index (κ1) is 13.6. The highest BCUT2D eigenvalue weighted by atomic mass is 15.4. The molecule has 0 radical (unpaired) electrons. The van der Waals surface area contributed by atoms with Gasteiger partial charge in [-0.3, -0.25) is 0 Å². The van der Waals surface area contributed by atoms with Gasteiger partial charge in [0.15, 0.2) is 0 Å². The summed E-state index contributed by atoms with van der Waals surface area (Å²) in [6.07, 6.45) is 2.76. The van der Waals surface area contributed by atoms with E-state index >= 15 is 0 Å². The number of nitrogens with zero attached hydrogens (tertiary/aromatic N) is 1. The minimum Gasteiger partial charge on any atom is -0.318 e. The van der Waals surface area contributed by atoms with Crippen molar-refractivity contribution in [3.8, 4) is 0 Å². The zero-order chi connectivity index (χ0) is 13.4. The number of benzene rings is 1. The topological polar surface area (TPSA) is 0 Å². The smallest absolute Gasteiger partial charge is 0.119 e. The van der Waals surface area contributed by atoms with E-state index in [9.17, 15) is 0 Å². The van der Waals surface area contributed by atoms with E-state index in [0.29, 0.717) is 5.92 Å². The third-order valence-electron chi connectivity index (χ3n) is 5.16. The van der Waals surface area contributed by atoms with Gasteiger partial charge in [-0.15, -0.1) is 0 Å². The second kappa shape index (κ2) is 4.70. The minimum absolute atomic E-state index is 0.224. The maximum Gasteiger partial charge on any atom is 0.119 e. The van der Waals surface area contributed by atoms with Crippen molar-refractivity contribution in [1.82, 2.24) is 0 Å². The van der Waals surface area contributed by atoms with Gasteiger partial charge in [0.1, 0.15) is 5.54 Å². The van der Waals surface area contributed by atoms with Crippen LogP contribution in [0.3, 0.4) is 0 Å². The third kappa shape index (κ3) is 2.21. The van der Waals surface area contributed by atoms with Gasteiger partial charge in [-0.2, -0.15) is 0 Å². The van der Waals surface area contributed by atoms with E-state index < -0.39 is 0 Å². The molecule has 0 unspecified atom stereocenters. The van der Waals surface area contributed by atoms with Crippen molar-refractivity contribution in [3.05, 3.63) is 35.4 Å². The Labute approximate surface area is 112 Å². The van der Waals surface area contributed by atoms with Gasteiger partial charge in [0.2, 0.25) is 0 Å². The molecule has 1 aromatic rings. The molecule has 0 saturated carbocycles. The summed E-state index contributed by atoms with van der Waals surface area (Å²) < 4.78 is 1.19. The summed E-state index contributed by atoms with van der Waals surface area (Å²) in [5, 5.41) is 0. The van der Waals surface area contributed by atoms with Crippen molar-refractivity contribution >= 4 is 0 Å². The normalized spacial score (nSPS) is 19.4. The fraction of sp³-hybridized carbons (Fsp3) is 0.647. The molecule has 0 amide bonds. The first-order chi connectivity index (χ1) is 8.37. The molecule has 0 N–H and O–H groups in total. The average Bonchev–Trinajstić information content (AvgIpc) is 2.78. The van der Waals surface area contributed by atoms with Gasteiger partial charge in [0, 0.05) is 18.4 Å². The van der Waals surface area contributed by atoms with Crippen molar-refractivity contribution in [3.63, 3.8) is 0 Å². The predicted octanol–water partition coefficient (Wildman–Crippen LogP) is 4.29. The fourth-order valence-electron chi connectivity index (χ4n) is 3.18. The van der Waals surface area contributed by atoms with Crippen LogP contribution in [0.4, 0.5) is 0 Å². The molecule has 1 aliphatic rings. The Balaban J connectivity index is 2.37. The van der Waals surface area contributed by atoms with Crippen molar-refractivity contribution < 1.29 is 4.48 Å². The SMILES string of the molecule is CC(C)c1cccc(C(C)(C)[N+]2(C)CCCC2)c1. The van der Waals surface area contributed by atoms with E-state index in [1.54, 1.807) is 0 Å². The molecule has 1 heteroatoms. The van der Waals surface area contributed by atoms with Gasteiger partial charge < -0.3 is 4.48 Å². The lowest BCUT2D eigenvalue weighted by Gasteiger charge is -2.45. The molecule has 0 aliphatic carbocycles. The van der Waals surface area contributed by atoms with Crippen LogP contribution in [0.2, 0.25) is 0 Å². The van der Waals surface area contributed by atoms with Crippen LogP contribution >= 0.6 is 0 Å². The van der Waals surface area contributed by atoms with E-state index in [2.05, 4.69) is 59.0 Å². The number of likely N-dealkylation sites (tertiary alicyclic amines) is 1. The summed E-state index contributed by atoms with van der Waals surface area (Å²) in [5.74, 6) is 0.615. The van der Waals surface area contributed by atoms with Gasteiger partial charge in [-0.25, -0.2) is 0 Å². The molecule has 1 nitrogen and oxygen atoms in total. The molecule has 1 saturated heterocycles. The Morgan fingerprint density at radius 1 is 1.11 bits per heavy atom. The van der Waals surface area contributed by atoms with Crippen molar-refractivity contribution in [1.29, 1.82) is 0 Å². The summed E-state index contributed by atoms with van der Waals surface area (Å²) in [6.45, 7) is 12.0. The largest absolute Gasteiger partial charge is 0.318 e. The predicted molar refractivity (Wildman–Crippen MR) is 78.7 cm³/mol. The van der Waals surface area contributed by atoms with Crippen molar-refractivity contribution in [2.45, 2.75) is 52.0 Å². The molecule has 0 atom stereocenters. The molecule has 18 heavy (non-hydrogen) atoms. The maximum atomic E-state index is 2.43. The lowest BCUT2D eigenvalue weighted by molar-refractivity contribution is -0.952. The molecule has 0 bridgehead atoms. The van der Waals surface area contributed by atoms with E-state index in [-0.39, 0.29) is 5.54 Å². The highest BCUT2D eigenvalue weighted by Crippen LogP contribution is 2.38. The van der Waals surface area contributed by atoms with Crippen LogP contribution in [0.25, 0.3) is 0 Å². The molecule has 1 aromatic carbocycles. The maximum absolute atomic E-state index is 2.43. The number of hydrogen-bond donors (Lipinski definition) is 0. The fourth-order valence-corrected chi connectivity index (χ4v) is 3.18. The number of rotatable bonds is 3. The highest BCUT2D eigenvalue weighted by Gasteiger charge is 2.43. The molecule has 2 rings (SSSR count). The molecule has 1 fully saturated rings. The Kier molecular flexibility index (Phi) is 3.55. The van der Waals surface area contributed by atoms with Gasteiger partial charge in [-0.05, 0) is 31.4 Å². The summed E-state index contributed by atoms with van der Waals surface area (Å²) in [4.78, 5) is 0. The Hall–Kier alpha value is -0.820. The average molecular weight is 246 g/mol. The highest BCUT2D eigenvalue weighted by molar-refractivity contribution is 5.29. The monoisotopic (exact) mass is 246 g/mol. The van der Waals surface area contributed by atoms with Crippen LogP contribution in [0.15, 0.2) is 24.3 Å². The molecular weight excluding hydrogens is 218 g/mol. The Morgan fingerprint density at radius 3 is 2.28 bits per heavy atom. The van der Waals surface area contributed by atoms with Crippen molar-refractivity contribution in [2.24, 2.45) is 0 Å². The molecule has 1 aliphatic heterocycles. The van der Waals surface area contributed by atoms with E-state index in [1.165, 1.54) is 41.5 Å². The lowest BCUT2D eigenvalue weighted by atomic mass is 9.87. The van der Waals surface area contributed by atoms with E-state index in [0.717, 1.165) is 0 Å². The van der Waals surface area contributed by atoms with Crippen LogP contribution in [0, 0.1) is 0 Å². The van der Waals surface area contributed by atoms with Crippen LogP contribution in [0.5, 0.6) is 0 Å². The standard InChI is InChI=1S/C17H28N/c1-14(2)15-9-8-10-16(13-15)17(3,4)18(5)11-6-7-12-18/h8-10,13-14H,6-7,11-12H2,1-5H3/q+1. The van der Waals surface area contributed by atoms with E-state index in [1.807, 2.05) is 0 Å². The summed E-state index contributed by atoms with van der Waals surface area (Å²) in [6, 6.07) is 9.23. The summed E-state index contributed by atoms with van der Waals surface area (Å²) >= 11 is 0. The van der Waals surface area contributed by atoms with E-state index in [4.69, 9.17) is 0 Å². The molecule has 1 heterocycles. The zero-order valence-electron chi connectivity index (χ0n) is 12.7. The quantitative estimate of drug-likeness (QED) is 0.698. The first-order valence-corrected chi connectivity index (χ1v) is 7.32. The first-order valence-electron chi connectivity index (χ1n) is 7.32. The Bertz CT molecular complexity index is 411. The van der Waals surface area contributed by atoms with Gasteiger partial charge >= 0.3 is 0 Å². The van der Waals surface area contributed by atoms with Crippen LogP contribution in [0.1, 0.15) is 57.6 Å². The van der Waals surface area contributed by atoms with Crippen LogP contribution in [-0.4, -0.2) is 24.6 Å². The zero-order valence-corrected chi connectivity index (χ0v) is 12.7. The summed E-state index contributed by atoms with van der Waals surface area (Å²) in [5.41, 5.74) is 3.19. The third-order valence-corrected chi connectivity index (χ3v) is 5.16. The van der Waals surface area contributed by atoms with Gasteiger partial charge in [0.25, 0.3) is 0 Å². The van der Waals surface area contributed by atoms with Crippen molar-refractivity contribution in [2.75, 3.05) is 20.1 Å². The van der Waals surface area contributed by atoms with Gasteiger partial charge in [0.05, 0.1) is 20.1 Å². The lowest BCUT2D eigenvalue weighted by Crippen LogP contribution is -2.54. The molecule has 0 spiro atoms. The second-order valence-corrected chi connectivity index (χ2v) is 6.89.